The number of hydrogen-bond acceptors (Lipinski definition) is 4. The Balaban J connectivity index is 1.58. The summed E-state index contributed by atoms with van der Waals surface area (Å²) in [5.41, 5.74) is 1.32. The Morgan fingerprint density at radius 1 is 1.27 bits per heavy atom. The van der Waals surface area contributed by atoms with Crippen LogP contribution in [0.3, 0.4) is 0 Å². The van der Waals surface area contributed by atoms with Crippen LogP contribution in [0.15, 0.2) is 41.1 Å². The molecule has 5 nitrogen and oxygen atoms in total. The molecule has 3 rings (SSSR count). The van der Waals surface area contributed by atoms with Crippen molar-refractivity contribution in [2.75, 3.05) is 5.32 Å². The molecule has 1 fully saturated rings. The first-order chi connectivity index (χ1) is 10.8. The number of amides is 1. The molecule has 0 unspecified atom stereocenters. The van der Waals surface area contributed by atoms with E-state index < -0.39 is 0 Å². The van der Waals surface area contributed by atoms with Crippen LogP contribution in [-0.4, -0.2) is 16.9 Å². The first-order valence-electron chi connectivity index (χ1n) is 7.84. The highest BCUT2D eigenvalue weighted by molar-refractivity contribution is 5.93. The molecule has 2 heterocycles. The predicted octanol–water partition coefficient (Wildman–Crippen LogP) is 3.35. The lowest BCUT2D eigenvalue weighted by Crippen LogP contribution is -2.36. The van der Waals surface area contributed by atoms with E-state index in [1.54, 1.807) is 18.5 Å². The zero-order chi connectivity index (χ0) is 15.2. The maximum Gasteiger partial charge on any atom is 0.270 e. The Bertz CT molecular complexity index is 604. The molecular formula is C17H21N3O2. The summed E-state index contributed by atoms with van der Waals surface area (Å²) in [5.74, 6) is 0.763. The summed E-state index contributed by atoms with van der Waals surface area (Å²) >= 11 is 0. The second-order valence-corrected chi connectivity index (χ2v) is 5.67. The molecule has 2 aromatic heterocycles. The Labute approximate surface area is 130 Å². The quantitative estimate of drug-likeness (QED) is 0.888. The summed E-state index contributed by atoms with van der Waals surface area (Å²) in [6.07, 6.45) is 9.11. The van der Waals surface area contributed by atoms with E-state index in [9.17, 15) is 4.79 Å². The third-order valence-electron chi connectivity index (χ3n) is 3.98. The third kappa shape index (κ3) is 3.87. The van der Waals surface area contributed by atoms with Crippen LogP contribution in [-0.2, 0) is 6.54 Å². The highest BCUT2D eigenvalue weighted by atomic mass is 16.3. The second kappa shape index (κ2) is 7.11. The molecule has 2 N–H and O–H groups in total. The molecule has 0 radical (unpaired) electrons. The molecule has 0 atom stereocenters. The number of anilines is 1. The van der Waals surface area contributed by atoms with Gasteiger partial charge in [0.1, 0.15) is 11.5 Å². The molecule has 1 aliphatic carbocycles. The zero-order valence-electron chi connectivity index (χ0n) is 12.5. The summed E-state index contributed by atoms with van der Waals surface area (Å²) < 4.78 is 5.28. The van der Waals surface area contributed by atoms with Crippen molar-refractivity contribution in [2.24, 2.45) is 0 Å². The van der Waals surface area contributed by atoms with Crippen molar-refractivity contribution in [2.45, 2.75) is 44.7 Å². The molecular weight excluding hydrogens is 278 g/mol. The normalized spacial score (nSPS) is 15.5. The number of nitrogens with one attached hydrogen (secondary N) is 2. The van der Waals surface area contributed by atoms with Crippen LogP contribution in [0.1, 0.15) is 48.4 Å². The Morgan fingerprint density at radius 2 is 2.14 bits per heavy atom. The van der Waals surface area contributed by atoms with Gasteiger partial charge in [-0.1, -0.05) is 19.3 Å². The highest BCUT2D eigenvalue weighted by Gasteiger charge is 2.17. The largest absolute Gasteiger partial charge is 0.467 e. The SMILES string of the molecule is O=C(NC1CCCCC1)c1cc(NCc2ccco2)ccn1. The molecule has 116 valence electrons. The third-order valence-corrected chi connectivity index (χ3v) is 3.98. The van der Waals surface area contributed by atoms with E-state index in [-0.39, 0.29) is 5.91 Å². The molecule has 0 spiro atoms. The topological polar surface area (TPSA) is 67.2 Å². The standard InChI is InChI=1S/C17H21N3O2/c21-17(20-13-5-2-1-3-6-13)16-11-14(8-9-18-16)19-12-15-7-4-10-22-15/h4,7-11,13H,1-3,5-6,12H2,(H,18,19)(H,20,21). The van der Waals surface area contributed by atoms with Gasteiger partial charge < -0.3 is 15.1 Å². The van der Waals surface area contributed by atoms with Gasteiger partial charge in [-0.05, 0) is 37.1 Å². The second-order valence-electron chi connectivity index (χ2n) is 5.67. The molecule has 1 aliphatic rings. The highest BCUT2D eigenvalue weighted by Crippen LogP contribution is 2.18. The average molecular weight is 299 g/mol. The van der Waals surface area contributed by atoms with Crippen molar-refractivity contribution < 1.29 is 9.21 Å². The van der Waals surface area contributed by atoms with Gasteiger partial charge in [0.2, 0.25) is 0 Å². The van der Waals surface area contributed by atoms with E-state index in [2.05, 4.69) is 15.6 Å². The van der Waals surface area contributed by atoms with Crippen molar-refractivity contribution in [3.05, 3.63) is 48.2 Å². The molecule has 0 bridgehead atoms. The fourth-order valence-electron chi connectivity index (χ4n) is 2.77. The van der Waals surface area contributed by atoms with E-state index in [1.165, 1.54) is 19.3 Å². The maximum atomic E-state index is 12.3. The van der Waals surface area contributed by atoms with Crippen LogP contribution in [0.4, 0.5) is 5.69 Å². The maximum absolute atomic E-state index is 12.3. The first kappa shape index (κ1) is 14.6. The Kier molecular flexibility index (Phi) is 4.73. The lowest BCUT2D eigenvalue weighted by atomic mass is 9.95. The van der Waals surface area contributed by atoms with Gasteiger partial charge in [-0.25, -0.2) is 0 Å². The van der Waals surface area contributed by atoms with Crippen LogP contribution < -0.4 is 10.6 Å². The number of hydrogen-bond donors (Lipinski definition) is 2. The van der Waals surface area contributed by atoms with E-state index in [0.29, 0.717) is 18.3 Å². The van der Waals surface area contributed by atoms with Crippen LogP contribution >= 0.6 is 0 Å². The van der Waals surface area contributed by atoms with Crippen molar-refractivity contribution >= 4 is 11.6 Å². The minimum atomic E-state index is -0.0893. The Hall–Kier alpha value is -2.30. The molecule has 22 heavy (non-hydrogen) atoms. The number of rotatable bonds is 5. The van der Waals surface area contributed by atoms with Gasteiger partial charge in [-0.15, -0.1) is 0 Å². The van der Waals surface area contributed by atoms with Gasteiger partial charge in [-0.3, -0.25) is 9.78 Å². The van der Waals surface area contributed by atoms with Crippen molar-refractivity contribution in [3.8, 4) is 0 Å². The zero-order valence-corrected chi connectivity index (χ0v) is 12.5. The number of pyridine rings is 1. The molecule has 5 heteroatoms. The predicted molar refractivity (Wildman–Crippen MR) is 84.6 cm³/mol. The van der Waals surface area contributed by atoms with Crippen LogP contribution in [0, 0.1) is 0 Å². The smallest absolute Gasteiger partial charge is 0.270 e. The molecule has 0 aliphatic heterocycles. The number of carbonyl (C=O) groups is 1. The summed E-state index contributed by atoms with van der Waals surface area (Å²) in [4.78, 5) is 16.5. The minimum absolute atomic E-state index is 0.0893. The van der Waals surface area contributed by atoms with Crippen LogP contribution in [0.25, 0.3) is 0 Å². The monoisotopic (exact) mass is 299 g/mol. The summed E-state index contributed by atoms with van der Waals surface area (Å²) in [7, 11) is 0. The molecule has 1 saturated carbocycles. The van der Waals surface area contributed by atoms with Gasteiger partial charge in [0, 0.05) is 17.9 Å². The number of furan rings is 1. The first-order valence-corrected chi connectivity index (χ1v) is 7.84. The molecule has 0 saturated heterocycles. The van der Waals surface area contributed by atoms with Crippen molar-refractivity contribution in [1.29, 1.82) is 0 Å². The fraction of sp³-hybridized carbons (Fsp3) is 0.412. The molecule has 2 aromatic rings. The minimum Gasteiger partial charge on any atom is -0.467 e. The van der Waals surface area contributed by atoms with Crippen molar-refractivity contribution in [3.63, 3.8) is 0 Å². The lowest BCUT2D eigenvalue weighted by molar-refractivity contribution is 0.0922. The van der Waals surface area contributed by atoms with Gasteiger partial charge in [0.25, 0.3) is 5.91 Å². The van der Waals surface area contributed by atoms with Crippen LogP contribution in [0.5, 0.6) is 0 Å². The lowest BCUT2D eigenvalue weighted by Gasteiger charge is -2.22. The van der Waals surface area contributed by atoms with Crippen LogP contribution in [0.2, 0.25) is 0 Å². The van der Waals surface area contributed by atoms with Gasteiger partial charge in [0.05, 0.1) is 12.8 Å². The van der Waals surface area contributed by atoms with E-state index in [1.807, 2.05) is 18.2 Å². The molecule has 1 amide bonds. The summed E-state index contributed by atoms with van der Waals surface area (Å²) in [6, 6.07) is 7.68. The molecule has 0 aromatic carbocycles. The number of nitrogens with zero attached hydrogens (tertiary/aromatic N) is 1. The summed E-state index contributed by atoms with van der Waals surface area (Å²) in [6.45, 7) is 0.584. The number of carbonyl (C=O) groups excluding carboxylic acids is 1. The van der Waals surface area contributed by atoms with Gasteiger partial charge in [0.15, 0.2) is 0 Å². The van der Waals surface area contributed by atoms with E-state index in [0.717, 1.165) is 24.3 Å². The van der Waals surface area contributed by atoms with E-state index >= 15 is 0 Å². The fourth-order valence-corrected chi connectivity index (χ4v) is 2.77. The Morgan fingerprint density at radius 3 is 2.91 bits per heavy atom. The summed E-state index contributed by atoms with van der Waals surface area (Å²) in [5, 5.41) is 6.32. The average Bonchev–Trinajstić information content (AvgIpc) is 3.08. The number of aromatic nitrogens is 1. The van der Waals surface area contributed by atoms with E-state index in [4.69, 9.17) is 4.42 Å². The van der Waals surface area contributed by atoms with Crippen molar-refractivity contribution in [1.82, 2.24) is 10.3 Å². The van der Waals surface area contributed by atoms with Gasteiger partial charge >= 0.3 is 0 Å². The van der Waals surface area contributed by atoms with Gasteiger partial charge in [-0.2, -0.15) is 0 Å².